The molecule has 1 N–H and O–H groups in total. The number of piperidine rings is 1. The topological polar surface area (TPSA) is 32.3 Å². The zero-order chi connectivity index (χ0) is 13.8. The Bertz CT molecular complexity index is 453. The lowest BCUT2D eigenvalue weighted by Gasteiger charge is -2.31. The van der Waals surface area contributed by atoms with Crippen molar-refractivity contribution in [1.29, 1.82) is 0 Å². The lowest BCUT2D eigenvalue weighted by Crippen LogP contribution is -2.44. The van der Waals surface area contributed by atoms with Crippen LogP contribution < -0.4 is 5.32 Å². The second-order valence-corrected chi connectivity index (χ2v) is 5.14. The Kier molecular flexibility index (Phi) is 4.53. The molecular weight excluding hydrogens is 243 g/mol. The van der Waals surface area contributed by atoms with Gasteiger partial charge in [0, 0.05) is 24.7 Å². The molecular formula is C15H21FN2O. The standard InChI is InChI=1S/C15H21FN2O/c1-3-18-8-6-13(7-9-18)17-15(19)14-5-4-12(16)10-11(14)2/h4-5,10,13H,3,6-9H2,1-2H3,(H,17,19). The van der Waals surface area contributed by atoms with Gasteiger partial charge in [-0.15, -0.1) is 0 Å². The number of hydrogen-bond acceptors (Lipinski definition) is 2. The van der Waals surface area contributed by atoms with Crippen LogP contribution in [0.5, 0.6) is 0 Å². The van der Waals surface area contributed by atoms with Crippen molar-refractivity contribution in [2.45, 2.75) is 32.7 Å². The first-order valence-corrected chi connectivity index (χ1v) is 6.89. The zero-order valence-corrected chi connectivity index (χ0v) is 11.6. The molecule has 0 unspecified atom stereocenters. The van der Waals surface area contributed by atoms with E-state index < -0.39 is 0 Å². The fourth-order valence-electron chi connectivity index (χ4n) is 2.54. The van der Waals surface area contributed by atoms with Crippen LogP contribution in [0, 0.1) is 12.7 Å². The van der Waals surface area contributed by atoms with Crippen LogP contribution in [0.2, 0.25) is 0 Å². The molecule has 2 rings (SSSR count). The van der Waals surface area contributed by atoms with Gasteiger partial charge >= 0.3 is 0 Å². The molecule has 0 spiro atoms. The molecule has 0 aromatic heterocycles. The number of benzene rings is 1. The molecule has 1 aliphatic heterocycles. The molecule has 0 aliphatic carbocycles. The summed E-state index contributed by atoms with van der Waals surface area (Å²) in [6, 6.07) is 4.52. The predicted octanol–water partition coefficient (Wildman–Crippen LogP) is 2.35. The van der Waals surface area contributed by atoms with Gasteiger partial charge in [0.1, 0.15) is 5.82 Å². The number of carbonyl (C=O) groups is 1. The first-order valence-electron chi connectivity index (χ1n) is 6.89. The van der Waals surface area contributed by atoms with E-state index in [-0.39, 0.29) is 17.8 Å². The normalized spacial score (nSPS) is 17.4. The number of amides is 1. The Balaban J connectivity index is 1.94. The number of hydrogen-bond donors (Lipinski definition) is 1. The first-order chi connectivity index (χ1) is 9.10. The van der Waals surface area contributed by atoms with E-state index in [2.05, 4.69) is 17.1 Å². The number of nitrogens with zero attached hydrogens (tertiary/aromatic N) is 1. The largest absolute Gasteiger partial charge is 0.349 e. The van der Waals surface area contributed by atoms with Crippen molar-refractivity contribution >= 4 is 5.91 Å². The van der Waals surface area contributed by atoms with Gasteiger partial charge in [0.05, 0.1) is 0 Å². The summed E-state index contributed by atoms with van der Waals surface area (Å²) < 4.78 is 13.0. The quantitative estimate of drug-likeness (QED) is 0.909. The number of nitrogens with one attached hydrogen (secondary N) is 1. The average molecular weight is 264 g/mol. The van der Waals surface area contributed by atoms with Gasteiger partial charge in [-0.2, -0.15) is 0 Å². The molecule has 1 fully saturated rings. The van der Waals surface area contributed by atoms with Gasteiger partial charge in [-0.25, -0.2) is 4.39 Å². The number of rotatable bonds is 3. The van der Waals surface area contributed by atoms with Crippen LogP contribution in [0.1, 0.15) is 35.7 Å². The van der Waals surface area contributed by atoms with Crippen molar-refractivity contribution in [3.63, 3.8) is 0 Å². The van der Waals surface area contributed by atoms with Gasteiger partial charge in [0.2, 0.25) is 0 Å². The summed E-state index contributed by atoms with van der Waals surface area (Å²) in [4.78, 5) is 14.5. The molecule has 1 saturated heterocycles. The van der Waals surface area contributed by atoms with E-state index in [1.807, 2.05) is 0 Å². The minimum Gasteiger partial charge on any atom is -0.349 e. The van der Waals surface area contributed by atoms with Crippen LogP contribution in [0.4, 0.5) is 4.39 Å². The second kappa shape index (κ2) is 6.15. The highest BCUT2D eigenvalue weighted by molar-refractivity contribution is 5.95. The predicted molar refractivity (Wildman–Crippen MR) is 73.7 cm³/mol. The van der Waals surface area contributed by atoms with Gasteiger partial charge in [0.15, 0.2) is 0 Å². The number of halogens is 1. The molecule has 1 aliphatic rings. The highest BCUT2D eigenvalue weighted by Gasteiger charge is 2.20. The minimum atomic E-state index is -0.301. The maximum absolute atomic E-state index is 13.0. The zero-order valence-electron chi connectivity index (χ0n) is 11.6. The van der Waals surface area contributed by atoms with E-state index in [1.54, 1.807) is 13.0 Å². The summed E-state index contributed by atoms with van der Waals surface area (Å²) in [5, 5.41) is 3.05. The third-order valence-corrected chi connectivity index (χ3v) is 3.80. The van der Waals surface area contributed by atoms with Crippen LogP contribution in [0.3, 0.4) is 0 Å². The van der Waals surface area contributed by atoms with E-state index in [1.165, 1.54) is 12.1 Å². The van der Waals surface area contributed by atoms with Gasteiger partial charge in [-0.1, -0.05) is 6.92 Å². The van der Waals surface area contributed by atoms with Crippen LogP contribution in [0.25, 0.3) is 0 Å². The van der Waals surface area contributed by atoms with Crippen molar-refractivity contribution < 1.29 is 9.18 Å². The van der Waals surface area contributed by atoms with Crippen molar-refractivity contribution in [3.05, 3.63) is 35.1 Å². The Morgan fingerprint density at radius 3 is 2.68 bits per heavy atom. The second-order valence-electron chi connectivity index (χ2n) is 5.14. The molecule has 0 radical (unpaired) electrons. The van der Waals surface area contributed by atoms with Crippen LogP contribution in [0.15, 0.2) is 18.2 Å². The van der Waals surface area contributed by atoms with Gasteiger partial charge in [-0.3, -0.25) is 4.79 Å². The van der Waals surface area contributed by atoms with Crippen molar-refractivity contribution in [2.75, 3.05) is 19.6 Å². The van der Waals surface area contributed by atoms with E-state index in [9.17, 15) is 9.18 Å². The van der Waals surface area contributed by atoms with E-state index in [0.717, 1.165) is 32.5 Å². The Hall–Kier alpha value is -1.42. The van der Waals surface area contributed by atoms with E-state index >= 15 is 0 Å². The number of carbonyl (C=O) groups excluding carboxylic acids is 1. The monoisotopic (exact) mass is 264 g/mol. The third kappa shape index (κ3) is 3.53. The van der Waals surface area contributed by atoms with Gasteiger partial charge in [0.25, 0.3) is 5.91 Å². The molecule has 0 atom stereocenters. The Morgan fingerprint density at radius 1 is 1.42 bits per heavy atom. The van der Waals surface area contributed by atoms with Crippen molar-refractivity contribution in [1.82, 2.24) is 10.2 Å². The molecule has 1 aromatic rings. The number of aryl methyl sites for hydroxylation is 1. The summed E-state index contributed by atoms with van der Waals surface area (Å²) in [5.41, 5.74) is 1.25. The molecule has 104 valence electrons. The summed E-state index contributed by atoms with van der Waals surface area (Å²) in [5.74, 6) is -0.391. The Labute approximate surface area is 113 Å². The molecule has 3 nitrogen and oxygen atoms in total. The van der Waals surface area contributed by atoms with Gasteiger partial charge < -0.3 is 10.2 Å². The van der Waals surface area contributed by atoms with E-state index in [4.69, 9.17) is 0 Å². The third-order valence-electron chi connectivity index (χ3n) is 3.80. The highest BCUT2D eigenvalue weighted by Crippen LogP contribution is 2.13. The SMILES string of the molecule is CCN1CCC(NC(=O)c2ccc(F)cc2C)CC1. The number of likely N-dealkylation sites (tertiary alicyclic amines) is 1. The van der Waals surface area contributed by atoms with Crippen LogP contribution >= 0.6 is 0 Å². The summed E-state index contributed by atoms with van der Waals surface area (Å²) in [7, 11) is 0. The Morgan fingerprint density at radius 2 is 2.11 bits per heavy atom. The highest BCUT2D eigenvalue weighted by atomic mass is 19.1. The first kappa shape index (κ1) is 14.0. The van der Waals surface area contributed by atoms with Gasteiger partial charge in [-0.05, 0) is 50.1 Å². The van der Waals surface area contributed by atoms with Crippen molar-refractivity contribution in [3.8, 4) is 0 Å². The molecule has 1 heterocycles. The lowest BCUT2D eigenvalue weighted by molar-refractivity contribution is 0.0912. The lowest BCUT2D eigenvalue weighted by atomic mass is 10.0. The maximum atomic E-state index is 13.0. The molecule has 19 heavy (non-hydrogen) atoms. The summed E-state index contributed by atoms with van der Waals surface area (Å²) in [6.45, 7) is 7.05. The minimum absolute atomic E-state index is 0.0903. The summed E-state index contributed by atoms with van der Waals surface area (Å²) in [6.07, 6.45) is 1.97. The van der Waals surface area contributed by atoms with Crippen LogP contribution in [-0.4, -0.2) is 36.5 Å². The maximum Gasteiger partial charge on any atom is 0.251 e. The summed E-state index contributed by atoms with van der Waals surface area (Å²) >= 11 is 0. The van der Waals surface area contributed by atoms with E-state index in [0.29, 0.717) is 11.1 Å². The molecule has 1 amide bonds. The molecule has 4 heteroatoms. The fraction of sp³-hybridized carbons (Fsp3) is 0.533. The molecule has 1 aromatic carbocycles. The van der Waals surface area contributed by atoms with Crippen LogP contribution in [-0.2, 0) is 0 Å². The van der Waals surface area contributed by atoms with Crippen molar-refractivity contribution in [2.24, 2.45) is 0 Å². The smallest absolute Gasteiger partial charge is 0.251 e. The molecule has 0 saturated carbocycles. The fourth-order valence-corrected chi connectivity index (χ4v) is 2.54. The molecule has 0 bridgehead atoms. The average Bonchev–Trinajstić information content (AvgIpc) is 2.39.